The van der Waals surface area contributed by atoms with Gasteiger partial charge in [-0.05, 0) is 37.6 Å². The molecule has 4 nitrogen and oxygen atoms in total. The summed E-state index contributed by atoms with van der Waals surface area (Å²) in [6, 6.07) is 5.03. The van der Waals surface area contributed by atoms with Gasteiger partial charge in [0.2, 0.25) is 0 Å². The molecule has 2 heterocycles. The number of aromatic nitrogens is 3. The SMILES string of the molecule is Cc1cc(O)cc(F)c1-c1c(C)nc2cnc(-c3cccc(S(F)(F)(F)(F)F)c3)cn12. The van der Waals surface area contributed by atoms with Gasteiger partial charge >= 0.3 is 10.2 Å². The standard InChI is InChI=1S/C20H15F6N3OS/c1-11-6-14(30)8-16(21)19(11)20-12(2)28-18-9-27-17(10-29(18)20)13-4-3-5-15(7-13)31(22,23,24,25)26/h3-10,30H,1-2H3. The van der Waals surface area contributed by atoms with Crippen LogP contribution < -0.4 is 0 Å². The first kappa shape index (κ1) is 21.0. The van der Waals surface area contributed by atoms with Crippen LogP contribution in [-0.2, 0) is 0 Å². The van der Waals surface area contributed by atoms with Crippen molar-refractivity contribution in [1.82, 2.24) is 14.4 Å². The van der Waals surface area contributed by atoms with Crippen molar-refractivity contribution in [2.75, 3.05) is 0 Å². The highest BCUT2D eigenvalue weighted by atomic mass is 32.5. The predicted octanol–water partition coefficient (Wildman–Crippen LogP) is 7.18. The van der Waals surface area contributed by atoms with E-state index in [1.165, 1.54) is 28.9 Å². The van der Waals surface area contributed by atoms with Crippen molar-refractivity contribution in [2.24, 2.45) is 0 Å². The number of imidazole rings is 1. The fourth-order valence-electron chi connectivity index (χ4n) is 3.44. The van der Waals surface area contributed by atoms with E-state index in [0.29, 0.717) is 29.1 Å². The Bertz CT molecular complexity index is 1340. The first-order valence-electron chi connectivity index (χ1n) is 8.83. The topological polar surface area (TPSA) is 50.4 Å². The first-order chi connectivity index (χ1) is 14.1. The van der Waals surface area contributed by atoms with Gasteiger partial charge in [-0.1, -0.05) is 31.6 Å². The zero-order valence-electron chi connectivity index (χ0n) is 16.1. The van der Waals surface area contributed by atoms with Crippen LogP contribution in [0.4, 0.5) is 23.8 Å². The van der Waals surface area contributed by atoms with Crippen molar-refractivity contribution >= 4 is 15.9 Å². The molecule has 0 bridgehead atoms. The van der Waals surface area contributed by atoms with Crippen molar-refractivity contribution in [3.05, 3.63) is 65.9 Å². The van der Waals surface area contributed by atoms with E-state index in [0.717, 1.165) is 12.1 Å². The maximum Gasteiger partial charge on any atom is 0.310 e. The number of nitrogens with zero attached hydrogens (tertiary/aromatic N) is 3. The third-order valence-electron chi connectivity index (χ3n) is 4.77. The Hall–Kier alpha value is -3.21. The molecule has 0 fully saturated rings. The Morgan fingerprint density at radius 3 is 2.35 bits per heavy atom. The van der Waals surface area contributed by atoms with Crippen LogP contribution in [0.15, 0.2) is 53.7 Å². The van der Waals surface area contributed by atoms with Gasteiger partial charge in [-0.3, -0.25) is 9.38 Å². The van der Waals surface area contributed by atoms with Gasteiger partial charge in [-0.15, -0.1) is 0 Å². The van der Waals surface area contributed by atoms with Gasteiger partial charge in [0.1, 0.15) is 16.5 Å². The summed E-state index contributed by atoms with van der Waals surface area (Å²) in [6.07, 6.45) is 2.56. The molecular weight excluding hydrogens is 444 g/mol. The number of benzene rings is 2. The smallest absolute Gasteiger partial charge is 0.310 e. The van der Waals surface area contributed by atoms with Gasteiger partial charge in [0.25, 0.3) is 0 Å². The second kappa shape index (κ2) is 5.94. The predicted molar refractivity (Wildman–Crippen MR) is 106 cm³/mol. The molecule has 0 aliphatic heterocycles. The summed E-state index contributed by atoms with van der Waals surface area (Å²) in [6.45, 7) is 3.19. The molecule has 11 heteroatoms. The van der Waals surface area contributed by atoms with Crippen molar-refractivity contribution in [1.29, 1.82) is 0 Å². The number of hydrogen-bond donors (Lipinski definition) is 1. The highest BCUT2D eigenvalue weighted by molar-refractivity contribution is 8.45. The van der Waals surface area contributed by atoms with Crippen LogP contribution in [0.3, 0.4) is 0 Å². The molecule has 0 unspecified atom stereocenters. The van der Waals surface area contributed by atoms with Crippen LogP contribution in [0.5, 0.6) is 5.75 Å². The summed E-state index contributed by atoms with van der Waals surface area (Å²) in [7, 11) is -9.87. The quantitative estimate of drug-likeness (QED) is 0.330. The molecule has 31 heavy (non-hydrogen) atoms. The Labute approximate surface area is 172 Å². The third-order valence-corrected chi connectivity index (χ3v) is 5.91. The summed E-state index contributed by atoms with van der Waals surface area (Å²) < 4.78 is 82.1. The molecule has 0 amide bonds. The third kappa shape index (κ3) is 3.80. The number of rotatable bonds is 3. The van der Waals surface area contributed by atoms with Crippen LogP contribution in [-0.4, -0.2) is 19.5 Å². The van der Waals surface area contributed by atoms with Gasteiger partial charge in [-0.25, -0.2) is 9.37 Å². The molecule has 0 spiro atoms. The normalized spacial score (nSPS) is 14.5. The summed E-state index contributed by atoms with van der Waals surface area (Å²) in [5.41, 5.74) is 1.32. The lowest BCUT2D eigenvalue weighted by Crippen LogP contribution is -2.06. The van der Waals surface area contributed by atoms with E-state index in [-0.39, 0.29) is 28.2 Å². The Balaban J connectivity index is 1.95. The maximum absolute atomic E-state index is 14.7. The highest BCUT2D eigenvalue weighted by Crippen LogP contribution is 3.02. The number of halogens is 6. The highest BCUT2D eigenvalue weighted by Gasteiger charge is 2.65. The van der Waals surface area contributed by atoms with Crippen LogP contribution in [0.2, 0.25) is 0 Å². The average molecular weight is 459 g/mol. The molecule has 0 radical (unpaired) electrons. The van der Waals surface area contributed by atoms with Crippen LogP contribution >= 0.6 is 10.2 Å². The van der Waals surface area contributed by atoms with Gasteiger partial charge < -0.3 is 5.11 Å². The molecule has 2 aromatic heterocycles. The zero-order chi connectivity index (χ0) is 22.8. The number of aryl methyl sites for hydroxylation is 2. The molecule has 164 valence electrons. The lowest BCUT2D eigenvalue weighted by atomic mass is 10.0. The maximum atomic E-state index is 14.7. The molecule has 0 aliphatic carbocycles. The van der Waals surface area contributed by atoms with Gasteiger partial charge in [0.05, 0.1) is 23.3 Å². The second-order valence-electron chi connectivity index (χ2n) is 7.16. The molecule has 2 aromatic carbocycles. The molecule has 0 saturated carbocycles. The number of fused-ring (bicyclic) bond motifs is 1. The van der Waals surface area contributed by atoms with Crippen LogP contribution in [0.1, 0.15) is 11.3 Å². The lowest BCUT2D eigenvalue weighted by molar-refractivity contribution is 0.364. The first-order valence-corrected chi connectivity index (χ1v) is 10.8. The van der Waals surface area contributed by atoms with E-state index in [1.807, 2.05) is 0 Å². The minimum atomic E-state index is -9.87. The van der Waals surface area contributed by atoms with Gasteiger partial charge in [0, 0.05) is 23.4 Å². The van der Waals surface area contributed by atoms with Gasteiger partial charge in [-0.2, -0.15) is 0 Å². The van der Waals surface area contributed by atoms with Crippen molar-refractivity contribution < 1.29 is 28.9 Å². The van der Waals surface area contributed by atoms with E-state index in [1.54, 1.807) is 13.8 Å². The van der Waals surface area contributed by atoms with E-state index in [2.05, 4.69) is 9.97 Å². The molecular formula is C20H15F6N3OS. The van der Waals surface area contributed by atoms with Crippen LogP contribution in [0.25, 0.3) is 28.2 Å². The van der Waals surface area contributed by atoms with Crippen molar-refractivity contribution in [3.63, 3.8) is 0 Å². The van der Waals surface area contributed by atoms with Crippen molar-refractivity contribution in [3.8, 4) is 28.3 Å². The van der Waals surface area contributed by atoms with E-state index in [4.69, 9.17) is 0 Å². The zero-order valence-corrected chi connectivity index (χ0v) is 16.9. The summed E-state index contributed by atoms with van der Waals surface area (Å²) in [5, 5.41) is 9.60. The number of aromatic hydroxyl groups is 1. The fraction of sp³-hybridized carbons (Fsp3) is 0.100. The molecule has 4 aromatic rings. The molecule has 0 aliphatic rings. The van der Waals surface area contributed by atoms with E-state index in [9.17, 15) is 28.9 Å². The molecule has 0 saturated heterocycles. The largest absolute Gasteiger partial charge is 0.508 e. The molecule has 0 atom stereocenters. The minimum absolute atomic E-state index is 0.0355. The monoisotopic (exact) mass is 459 g/mol. The Morgan fingerprint density at radius 1 is 1.00 bits per heavy atom. The summed E-state index contributed by atoms with van der Waals surface area (Å²) in [4.78, 5) is 6.30. The number of hydrogen-bond acceptors (Lipinski definition) is 3. The average Bonchev–Trinajstić information content (AvgIpc) is 2.94. The summed E-state index contributed by atoms with van der Waals surface area (Å²) in [5.74, 6) is -0.982. The number of phenolic OH excluding ortho intramolecular Hbond substituents is 1. The van der Waals surface area contributed by atoms with E-state index < -0.39 is 20.9 Å². The molecule has 4 rings (SSSR count). The van der Waals surface area contributed by atoms with Crippen molar-refractivity contribution in [2.45, 2.75) is 18.7 Å². The van der Waals surface area contributed by atoms with Crippen LogP contribution in [0, 0.1) is 19.7 Å². The Kier molecular flexibility index (Phi) is 4.03. The van der Waals surface area contributed by atoms with E-state index >= 15 is 0 Å². The lowest BCUT2D eigenvalue weighted by Gasteiger charge is -2.40. The van der Waals surface area contributed by atoms with Gasteiger partial charge in [0.15, 0.2) is 5.65 Å². The molecule has 1 N–H and O–H groups in total. The Morgan fingerprint density at radius 2 is 1.71 bits per heavy atom. The fourth-order valence-corrected chi connectivity index (χ4v) is 4.13. The minimum Gasteiger partial charge on any atom is -0.508 e. The second-order valence-corrected chi connectivity index (χ2v) is 9.57. The number of phenols is 1. The summed E-state index contributed by atoms with van der Waals surface area (Å²) >= 11 is 0.